The first-order valence-corrected chi connectivity index (χ1v) is 7.70. The SMILES string of the molecule is CC(C)CNCc1nnc(NCC(C)S(C)=O)o1. The molecule has 0 aliphatic rings. The number of anilines is 1. The number of nitrogens with zero attached hydrogens (tertiary/aromatic N) is 2. The predicted octanol–water partition coefficient (Wildman–Crippen LogP) is 0.994. The Kier molecular flexibility index (Phi) is 6.28. The monoisotopic (exact) mass is 274 g/mol. The van der Waals surface area contributed by atoms with E-state index in [1.54, 1.807) is 6.26 Å². The van der Waals surface area contributed by atoms with Crippen molar-refractivity contribution in [3.63, 3.8) is 0 Å². The standard InChI is InChI=1S/C11H22N4O2S/c1-8(2)5-12-7-10-14-15-11(17-10)13-6-9(3)18(4)16/h8-9,12H,5-7H2,1-4H3,(H,13,15). The van der Waals surface area contributed by atoms with Crippen LogP contribution in [0.4, 0.5) is 6.01 Å². The molecule has 0 aromatic carbocycles. The molecule has 7 heteroatoms. The van der Waals surface area contributed by atoms with Gasteiger partial charge in [-0.3, -0.25) is 4.21 Å². The summed E-state index contributed by atoms with van der Waals surface area (Å²) < 4.78 is 16.6. The van der Waals surface area contributed by atoms with Crippen molar-refractivity contribution in [1.29, 1.82) is 0 Å². The maximum Gasteiger partial charge on any atom is 0.315 e. The van der Waals surface area contributed by atoms with Crippen LogP contribution in [0.5, 0.6) is 0 Å². The average Bonchev–Trinajstić information content (AvgIpc) is 2.73. The highest BCUT2D eigenvalue weighted by molar-refractivity contribution is 7.84. The molecule has 0 radical (unpaired) electrons. The number of aromatic nitrogens is 2. The summed E-state index contributed by atoms with van der Waals surface area (Å²) in [7, 11) is -0.852. The summed E-state index contributed by atoms with van der Waals surface area (Å²) in [5, 5.41) is 14.1. The van der Waals surface area contributed by atoms with Crippen LogP contribution in [-0.4, -0.2) is 39.0 Å². The highest BCUT2D eigenvalue weighted by atomic mass is 32.2. The Balaban J connectivity index is 2.32. The molecule has 0 saturated carbocycles. The Labute approximate surface area is 110 Å². The minimum atomic E-state index is -0.852. The van der Waals surface area contributed by atoms with Crippen LogP contribution in [0, 0.1) is 5.92 Å². The highest BCUT2D eigenvalue weighted by Crippen LogP contribution is 2.06. The molecular weight excluding hydrogens is 252 g/mol. The van der Waals surface area contributed by atoms with Crippen LogP contribution in [0.25, 0.3) is 0 Å². The van der Waals surface area contributed by atoms with E-state index in [1.807, 2.05) is 6.92 Å². The van der Waals surface area contributed by atoms with Crippen molar-refractivity contribution in [2.24, 2.45) is 5.92 Å². The molecule has 0 bridgehead atoms. The zero-order chi connectivity index (χ0) is 13.5. The Morgan fingerprint density at radius 3 is 2.61 bits per heavy atom. The lowest BCUT2D eigenvalue weighted by molar-refractivity contribution is 0.458. The zero-order valence-electron chi connectivity index (χ0n) is 11.4. The quantitative estimate of drug-likeness (QED) is 0.736. The fraction of sp³-hybridized carbons (Fsp3) is 0.818. The van der Waals surface area contributed by atoms with E-state index in [-0.39, 0.29) is 5.25 Å². The smallest absolute Gasteiger partial charge is 0.315 e. The van der Waals surface area contributed by atoms with Crippen molar-refractivity contribution >= 4 is 16.8 Å². The lowest BCUT2D eigenvalue weighted by Gasteiger charge is -2.07. The molecule has 2 N–H and O–H groups in total. The largest absolute Gasteiger partial charge is 0.407 e. The molecule has 1 aromatic rings. The molecule has 0 aliphatic heterocycles. The van der Waals surface area contributed by atoms with Gasteiger partial charge in [0.05, 0.1) is 6.54 Å². The summed E-state index contributed by atoms with van der Waals surface area (Å²) in [5.41, 5.74) is 0. The molecule has 0 saturated heterocycles. The van der Waals surface area contributed by atoms with Gasteiger partial charge in [-0.2, -0.15) is 0 Å². The highest BCUT2D eigenvalue weighted by Gasteiger charge is 2.09. The van der Waals surface area contributed by atoms with E-state index < -0.39 is 10.8 Å². The first-order chi connectivity index (χ1) is 8.49. The molecule has 18 heavy (non-hydrogen) atoms. The Morgan fingerprint density at radius 1 is 1.28 bits per heavy atom. The third-order valence-electron chi connectivity index (χ3n) is 2.40. The Bertz CT molecular complexity index is 381. The van der Waals surface area contributed by atoms with Crippen molar-refractivity contribution in [1.82, 2.24) is 15.5 Å². The molecule has 1 aromatic heterocycles. The molecule has 0 fully saturated rings. The summed E-state index contributed by atoms with van der Waals surface area (Å²) in [6.45, 7) is 8.23. The number of rotatable bonds is 8. The molecule has 0 spiro atoms. The van der Waals surface area contributed by atoms with Crippen LogP contribution >= 0.6 is 0 Å². The van der Waals surface area contributed by atoms with Gasteiger partial charge >= 0.3 is 6.01 Å². The van der Waals surface area contributed by atoms with Crippen LogP contribution in [0.2, 0.25) is 0 Å². The molecule has 0 amide bonds. The van der Waals surface area contributed by atoms with E-state index in [4.69, 9.17) is 4.42 Å². The fourth-order valence-corrected chi connectivity index (χ4v) is 1.53. The average molecular weight is 274 g/mol. The first-order valence-electron chi connectivity index (χ1n) is 6.08. The van der Waals surface area contributed by atoms with Crippen molar-refractivity contribution in [2.45, 2.75) is 32.6 Å². The summed E-state index contributed by atoms with van der Waals surface area (Å²) in [6, 6.07) is 0.383. The second-order valence-electron chi connectivity index (χ2n) is 4.72. The summed E-state index contributed by atoms with van der Waals surface area (Å²) >= 11 is 0. The van der Waals surface area contributed by atoms with Gasteiger partial charge in [0.1, 0.15) is 0 Å². The van der Waals surface area contributed by atoms with Gasteiger partial charge in [0.15, 0.2) is 0 Å². The van der Waals surface area contributed by atoms with Crippen LogP contribution in [-0.2, 0) is 17.3 Å². The van der Waals surface area contributed by atoms with Gasteiger partial charge in [-0.05, 0) is 19.4 Å². The second kappa shape index (κ2) is 7.48. The molecular formula is C11H22N4O2S. The summed E-state index contributed by atoms with van der Waals surface area (Å²) in [4.78, 5) is 0. The minimum Gasteiger partial charge on any atom is -0.407 e. The van der Waals surface area contributed by atoms with Crippen molar-refractivity contribution in [3.05, 3.63) is 5.89 Å². The maximum absolute atomic E-state index is 11.2. The topological polar surface area (TPSA) is 80.0 Å². The van der Waals surface area contributed by atoms with Crippen LogP contribution in [0.15, 0.2) is 4.42 Å². The normalized spacial score (nSPS) is 14.7. The zero-order valence-corrected chi connectivity index (χ0v) is 12.2. The summed E-state index contributed by atoms with van der Waals surface area (Å²) in [6.07, 6.45) is 1.68. The van der Waals surface area contributed by atoms with Gasteiger partial charge in [0.25, 0.3) is 0 Å². The van der Waals surface area contributed by atoms with Gasteiger partial charge < -0.3 is 15.1 Å². The van der Waals surface area contributed by atoms with E-state index in [0.717, 1.165) is 6.54 Å². The van der Waals surface area contributed by atoms with Gasteiger partial charge in [-0.25, -0.2) is 0 Å². The number of nitrogens with one attached hydrogen (secondary N) is 2. The van der Waals surface area contributed by atoms with Gasteiger partial charge in [0, 0.05) is 28.9 Å². The van der Waals surface area contributed by atoms with E-state index in [9.17, 15) is 4.21 Å². The van der Waals surface area contributed by atoms with Crippen molar-refractivity contribution in [3.8, 4) is 0 Å². The van der Waals surface area contributed by atoms with E-state index in [0.29, 0.717) is 30.9 Å². The third-order valence-corrected chi connectivity index (χ3v) is 3.70. The predicted molar refractivity (Wildman–Crippen MR) is 72.9 cm³/mol. The molecule has 1 rings (SSSR count). The van der Waals surface area contributed by atoms with Crippen LogP contribution in [0.1, 0.15) is 26.7 Å². The van der Waals surface area contributed by atoms with Crippen molar-refractivity contribution < 1.29 is 8.63 Å². The molecule has 0 aliphatic carbocycles. The molecule has 2 unspecified atom stereocenters. The second-order valence-corrected chi connectivity index (χ2v) is 6.52. The number of hydrogen-bond donors (Lipinski definition) is 2. The molecule has 2 atom stereocenters. The molecule has 6 nitrogen and oxygen atoms in total. The van der Waals surface area contributed by atoms with Crippen LogP contribution < -0.4 is 10.6 Å². The summed E-state index contributed by atoms with van der Waals surface area (Å²) in [5.74, 6) is 1.15. The number of hydrogen-bond acceptors (Lipinski definition) is 6. The molecule has 104 valence electrons. The maximum atomic E-state index is 11.2. The first kappa shape index (κ1) is 15.1. The minimum absolute atomic E-state index is 0.0550. The van der Waals surface area contributed by atoms with E-state index >= 15 is 0 Å². The van der Waals surface area contributed by atoms with E-state index in [1.165, 1.54) is 0 Å². The van der Waals surface area contributed by atoms with Crippen molar-refractivity contribution in [2.75, 3.05) is 24.7 Å². The lowest BCUT2D eigenvalue weighted by Crippen LogP contribution is -2.20. The fourth-order valence-electron chi connectivity index (χ4n) is 1.21. The van der Waals surface area contributed by atoms with Crippen LogP contribution in [0.3, 0.4) is 0 Å². The lowest BCUT2D eigenvalue weighted by atomic mass is 10.2. The van der Waals surface area contributed by atoms with Gasteiger partial charge in [-0.15, -0.1) is 5.10 Å². The van der Waals surface area contributed by atoms with Gasteiger partial charge in [0.2, 0.25) is 5.89 Å². The van der Waals surface area contributed by atoms with Gasteiger partial charge in [-0.1, -0.05) is 18.9 Å². The Morgan fingerprint density at radius 2 is 2.00 bits per heavy atom. The molecule has 1 heterocycles. The third kappa shape index (κ3) is 5.59. The van der Waals surface area contributed by atoms with E-state index in [2.05, 4.69) is 34.7 Å². The Hall–Kier alpha value is -0.950.